The average Bonchev–Trinajstić information content (AvgIpc) is 2.82. The molecular formula is C15H31N3O. The number of hydrogen-bond acceptors (Lipinski definition) is 3. The second kappa shape index (κ2) is 7.85. The molecule has 112 valence electrons. The van der Waals surface area contributed by atoms with Crippen LogP contribution in [0.4, 0.5) is 0 Å². The largest absolute Gasteiger partial charge is 0.368 e. The minimum atomic E-state index is -0.538. The van der Waals surface area contributed by atoms with Crippen molar-refractivity contribution < 1.29 is 4.79 Å². The van der Waals surface area contributed by atoms with Gasteiger partial charge < -0.3 is 16.0 Å². The standard InChI is InChI=1S/C15H31N3O/c1-4-13-9-8-12-18(13)11-7-6-10-15(3,14(16)19)17-5-2/h13,17H,4-12H2,1-3H3,(H2,16,19). The SMILES string of the molecule is CCNC(C)(CCCCN1CCCC1CC)C(N)=O. The van der Waals surface area contributed by atoms with Gasteiger partial charge in [-0.3, -0.25) is 4.79 Å². The van der Waals surface area contributed by atoms with Crippen molar-refractivity contribution in [2.24, 2.45) is 5.73 Å². The molecular weight excluding hydrogens is 238 g/mol. The average molecular weight is 269 g/mol. The van der Waals surface area contributed by atoms with Crippen molar-refractivity contribution in [2.75, 3.05) is 19.6 Å². The van der Waals surface area contributed by atoms with Gasteiger partial charge in [-0.05, 0) is 65.1 Å². The number of nitrogens with zero attached hydrogens (tertiary/aromatic N) is 1. The van der Waals surface area contributed by atoms with Crippen LogP contribution in [0.5, 0.6) is 0 Å². The van der Waals surface area contributed by atoms with Crippen molar-refractivity contribution in [2.45, 2.75) is 70.9 Å². The van der Waals surface area contributed by atoms with Gasteiger partial charge in [0.1, 0.15) is 0 Å². The molecule has 4 heteroatoms. The summed E-state index contributed by atoms with van der Waals surface area (Å²) in [5, 5.41) is 3.22. The maximum Gasteiger partial charge on any atom is 0.237 e. The summed E-state index contributed by atoms with van der Waals surface area (Å²) in [4.78, 5) is 14.1. The van der Waals surface area contributed by atoms with Gasteiger partial charge in [0.05, 0.1) is 5.54 Å². The predicted molar refractivity (Wildman–Crippen MR) is 80.0 cm³/mol. The Kier molecular flexibility index (Phi) is 6.80. The number of rotatable bonds is 9. The first kappa shape index (κ1) is 16.4. The van der Waals surface area contributed by atoms with Crippen molar-refractivity contribution in [3.05, 3.63) is 0 Å². The minimum absolute atomic E-state index is 0.234. The van der Waals surface area contributed by atoms with Crippen LogP contribution in [0.3, 0.4) is 0 Å². The topological polar surface area (TPSA) is 58.4 Å². The molecule has 0 aromatic carbocycles. The molecule has 0 aliphatic carbocycles. The Morgan fingerprint density at radius 1 is 1.42 bits per heavy atom. The third-order valence-corrected chi connectivity index (χ3v) is 4.45. The summed E-state index contributed by atoms with van der Waals surface area (Å²) >= 11 is 0. The fraction of sp³-hybridized carbons (Fsp3) is 0.933. The van der Waals surface area contributed by atoms with Crippen LogP contribution >= 0.6 is 0 Å². The second-order valence-corrected chi connectivity index (χ2v) is 5.92. The number of unbranched alkanes of at least 4 members (excludes halogenated alkanes) is 1. The van der Waals surface area contributed by atoms with Crippen molar-refractivity contribution in [3.8, 4) is 0 Å². The number of likely N-dealkylation sites (N-methyl/N-ethyl adjacent to an activating group) is 1. The Hall–Kier alpha value is -0.610. The fourth-order valence-corrected chi connectivity index (χ4v) is 3.13. The lowest BCUT2D eigenvalue weighted by Gasteiger charge is -2.28. The van der Waals surface area contributed by atoms with Crippen LogP contribution in [0.25, 0.3) is 0 Å². The summed E-state index contributed by atoms with van der Waals surface area (Å²) in [6, 6.07) is 0.788. The van der Waals surface area contributed by atoms with E-state index in [9.17, 15) is 4.79 Å². The normalized spacial score (nSPS) is 23.4. The summed E-state index contributed by atoms with van der Waals surface area (Å²) in [7, 11) is 0. The first-order valence-corrected chi connectivity index (χ1v) is 7.82. The van der Waals surface area contributed by atoms with E-state index in [1.165, 1.54) is 32.4 Å². The zero-order valence-corrected chi connectivity index (χ0v) is 12.9. The van der Waals surface area contributed by atoms with Gasteiger partial charge in [0.2, 0.25) is 5.91 Å². The molecule has 1 amide bonds. The Morgan fingerprint density at radius 2 is 2.16 bits per heavy atom. The van der Waals surface area contributed by atoms with Crippen LogP contribution in [-0.2, 0) is 4.79 Å². The highest BCUT2D eigenvalue weighted by molar-refractivity contribution is 5.84. The van der Waals surface area contributed by atoms with Crippen LogP contribution in [0.1, 0.15) is 59.3 Å². The van der Waals surface area contributed by atoms with Gasteiger partial charge in [0.15, 0.2) is 0 Å². The Morgan fingerprint density at radius 3 is 2.74 bits per heavy atom. The third-order valence-electron chi connectivity index (χ3n) is 4.45. The zero-order valence-electron chi connectivity index (χ0n) is 12.9. The Bertz CT molecular complexity index is 283. The molecule has 4 nitrogen and oxygen atoms in total. The number of likely N-dealkylation sites (tertiary alicyclic amines) is 1. The van der Waals surface area contributed by atoms with Crippen LogP contribution in [0, 0.1) is 0 Å². The molecule has 0 saturated carbocycles. The number of hydrogen-bond donors (Lipinski definition) is 2. The molecule has 1 heterocycles. The summed E-state index contributed by atoms with van der Waals surface area (Å²) in [5.74, 6) is -0.234. The monoisotopic (exact) mass is 269 g/mol. The molecule has 1 rings (SSSR count). The van der Waals surface area contributed by atoms with Crippen LogP contribution in [0.2, 0.25) is 0 Å². The highest BCUT2D eigenvalue weighted by Crippen LogP contribution is 2.21. The molecule has 2 unspecified atom stereocenters. The first-order valence-electron chi connectivity index (χ1n) is 7.82. The minimum Gasteiger partial charge on any atom is -0.368 e. The maximum absolute atomic E-state index is 11.5. The molecule has 1 aliphatic rings. The number of nitrogens with two attached hydrogens (primary N) is 1. The number of nitrogens with one attached hydrogen (secondary N) is 1. The zero-order chi connectivity index (χ0) is 14.3. The molecule has 1 saturated heterocycles. The molecule has 3 N–H and O–H groups in total. The summed E-state index contributed by atoms with van der Waals surface area (Å²) in [5.41, 5.74) is 4.96. The molecule has 19 heavy (non-hydrogen) atoms. The number of carbonyl (C=O) groups is 1. The molecule has 1 aliphatic heterocycles. The highest BCUT2D eigenvalue weighted by Gasteiger charge is 2.29. The van der Waals surface area contributed by atoms with E-state index in [0.717, 1.165) is 31.8 Å². The summed E-state index contributed by atoms with van der Waals surface area (Å²) < 4.78 is 0. The van der Waals surface area contributed by atoms with Crippen LogP contribution in [0.15, 0.2) is 0 Å². The maximum atomic E-state index is 11.5. The summed E-state index contributed by atoms with van der Waals surface area (Å²) in [6.07, 6.45) is 7.00. The van der Waals surface area contributed by atoms with E-state index in [-0.39, 0.29) is 5.91 Å². The van der Waals surface area contributed by atoms with Gasteiger partial charge in [-0.25, -0.2) is 0 Å². The fourth-order valence-electron chi connectivity index (χ4n) is 3.13. The van der Waals surface area contributed by atoms with E-state index in [0.29, 0.717) is 0 Å². The van der Waals surface area contributed by atoms with E-state index in [1.54, 1.807) is 0 Å². The molecule has 0 aromatic heterocycles. The quantitative estimate of drug-likeness (QED) is 0.628. The van der Waals surface area contributed by atoms with Gasteiger partial charge in [-0.15, -0.1) is 0 Å². The molecule has 1 fully saturated rings. The predicted octanol–water partition coefficient (Wildman–Crippen LogP) is 1.88. The third kappa shape index (κ3) is 4.77. The Balaban J connectivity index is 2.27. The van der Waals surface area contributed by atoms with E-state index in [4.69, 9.17) is 5.73 Å². The lowest BCUT2D eigenvalue weighted by atomic mass is 9.94. The van der Waals surface area contributed by atoms with Crippen molar-refractivity contribution in [3.63, 3.8) is 0 Å². The van der Waals surface area contributed by atoms with E-state index < -0.39 is 5.54 Å². The van der Waals surface area contributed by atoms with E-state index in [2.05, 4.69) is 17.1 Å². The van der Waals surface area contributed by atoms with Gasteiger partial charge in [0, 0.05) is 6.04 Å². The van der Waals surface area contributed by atoms with E-state index in [1.807, 2.05) is 13.8 Å². The number of carbonyl (C=O) groups excluding carboxylic acids is 1. The van der Waals surface area contributed by atoms with Crippen LogP contribution < -0.4 is 11.1 Å². The summed E-state index contributed by atoms with van der Waals surface area (Å²) in [6.45, 7) is 9.40. The molecule has 0 aromatic rings. The highest BCUT2D eigenvalue weighted by atomic mass is 16.1. The lowest BCUT2D eigenvalue weighted by Crippen LogP contribution is -2.53. The van der Waals surface area contributed by atoms with Crippen molar-refractivity contribution >= 4 is 5.91 Å². The van der Waals surface area contributed by atoms with Gasteiger partial charge in [-0.2, -0.15) is 0 Å². The van der Waals surface area contributed by atoms with Crippen molar-refractivity contribution in [1.82, 2.24) is 10.2 Å². The lowest BCUT2D eigenvalue weighted by molar-refractivity contribution is -0.124. The van der Waals surface area contributed by atoms with Crippen molar-refractivity contribution in [1.29, 1.82) is 0 Å². The Labute approximate surface area is 118 Å². The van der Waals surface area contributed by atoms with Gasteiger partial charge >= 0.3 is 0 Å². The first-order chi connectivity index (χ1) is 9.03. The second-order valence-electron chi connectivity index (χ2n) is 5.92. The van der Waals surface area contributed by atoms with Gasteiger partial charge in [-0.1, -0.05) is 13.8 Å². The molecule has 2 atom stereocenters. The number of amides is 1. The smallest absolute Gasteiger partial charge is 0.237 e. The number of primary amides is 1. The molecule has 0 radical (unpaired) electrons. The van der Waals surface area contributed by atoms with Gasteiger partial charge in [0.25, 0.3) is 0 Å². The van der Waals surface area contributed by atoms with Crippen LogP contribution in [-0.4, -0.2) is 42.0 Å². The molecule has 0 spiro atoms. The van der Waals surface area contributed by atoms with E-state index >= 15 is 0 Å². The molecule has 0 bridgehead atoms.